The topological polar surface area (TPSA) is 75.8 Å². The van der Waals surface area contributed by atoms with E-state index in [0.717, 1.165) is 32.4 Å². The Kier molecular flexibility index (Phi) is 3.76. The van der Waals surface area contributed by atoms with E-state index in [1.807, 2.05) is 4.90 Å². The van der Waals surface area contributed by atoms with E-state index in [0.29, 0.717) is 23.1 Å². The summed E-state index contributed by atoms with van der Waals surface area (Å²) in [6.45, 7) is 1.51. The maximum absolute atomic E-state index is 12.6. The Labute approximate surface area is 124 Å². The Balaban J connectivity index is 1.78. The summed E-state index contributed by atoms with van der Waals surface area (Å²) in [5.41, 5.74) is 6.34. The number of phenolic OH excluding ortho intramolecular Hbond substituents is 1. The number of ether oxygens (including phenoxy) is 1. The number of para-hydroxylation sites is 1. The molecule has 1 aliphatic heterocycles. The molecule has 1 aromatic rings. The van der Waals surface area contributed by atoms with E-state index in [2.05, 4.69) is 0 Å². The highest BCUT2D eigenvalue weighted by atomic mass is 16.5. The molecule has 21 heavy (non-hydrogen) atoms. The molecule has 1 unspecified atom stereocenters. The van der Waals surface area contributed by atoms with Crippen LogP contribution in [0.5, 0.6) is 11.5 Å². The minimum atomic E-state index is -0.116. The predicted molar refractivity (Wildman–Crippen MR) is 79.4 cm³/mol. The highest BCUT2D eigenvalue weighted by molar-refractivity contribution is 5.97. The zero-order valence-corrected chi connectivity index (χ0v) is 12.3. The predicted octanol–water partition coefficient (Wildman–Crippen LogP) is 1.60. The van der Waals surface area contributed by atoms with Crippen LogP contribution in [0, 0.1) is 11.8 Å². The number of phenols is 1. The van der Waals surface area contributed by atoms with Crippen LogP contribution >= 0.6 is 0 Å². The van der Waals surface area contributed by atoms with Gasteiger partial charge < -0.3 is 20.5 Å². The van der Waals surface area contributed by atoms with Crippen LogP contribution in [0.15, 0.2) is 18.2 Å². The molecule has 1 heterocycles. The van der Waals surface area contributed by atoms with Crippen LogP contribution in [0.3, 0.4) is 0 Å². The number of nitrogens with two attached hydrogens (primary N) is 1. The average molecular weight is 290 g/mol. The lowest BCUT2D eigenvalue weighted by molar-refractivity contribution is 0.0780. The van der Waals surface area contributed by atoms with Gasteiger partial charge in [0.15, 0.2) is 11.5 Å². The number of amides is 1. The highest BCUT2D eigenvalue weighted by Gasteiger charge is 2.39. The van der Waals surface area contributed by atoms with E-state index in [9.17, 15) is 9.90 Å². The molecule has 2 fully saturated rings. The Bertz CT molecular complexity index is 546. The van der Waals surface area contributed by atoms with Gasteiger partial charge in [-0.1, -0.05) is 6.07 Å². The van der Waals surface area contributed by atoms with Crippen molar-refractivity contribution in [1.29, 1.82) is 0 Å². The summed E-state index contributed by atoms with van der Waals surface area (Å²) in [4.78, 5) is 14.5. The number of carbonyl (C=O) groups excluding carboxylic acids is 1. The van der Waals surface area contributed by atoms with Crippen molar-refractivity contribution in [2.45, 2.75) is 25.3 Å². The summed E-state index contributed by atoms with van der Waals surface area (Å²) in [7, 11) is 1.48. The van der Waals surface area contributed by atoms with Gasteiger partial charge in [-0.3, -0.25) is 4.79 Å². The lowest BCUT2D eigenvalue weighted by Crippen LogP contribution is -2.32. The maximum Gasteiger partial charge on any atom is 0.257 e. The van der Waals surface area contributed by atoms with Crippen LogP contribution in [-0.4, -0.2) is 42.2 Å². The van der Waals surface area contributed by atoms with Crippen LogP contribution in [0.25, 0.3) is 0 Å². The van der Waals surface area contributed by atoms with E-state index in [1.165, 1.54) is 7.11 Å². The fourth-order valence-electron chi connectivity index (χ4n) is 3.66. The van der Waals surface area contributed by atoms with Gasteiger partial charge in [-0.25, -0.2) is 0 Å². The number of hydrogen-bond acceptors (Lipinski definition) is 4. The van der Waals surface area contributed by atoms with Crippen molar-refractivity contribution in [2.24, 2.45) is 17.6 Å². The van der Waals surface area contributed by atoms with Gasteiger partial charge in [-0.15, -0.1) is 0 Å². The first-order chi connectivity index (χ1) is 10.1. The molecule has 2 aliphatic rings. The summed E-state index contributed by atoms with van der Waals surface area (Å²) >= 11 is 0. The van der Waals surface area contributed by atoms with Crippen LogP contribution in [0.1, 0.15) is 29.6 Å². The molecule has 3 rings (SSSR count). The minimum Gasteiger partial charge on any atom is -0.504 e. The quantitative estimate of drug-likeness (QED) is 0.867. The molecule has 1 amide bonds. The standard InChI is InChI=1S/C16H22N2O3/c1-21-14-4-2-3-13(15(14)19)16(20)18-8-10-5-6-12(17)7-11(10)9-18/h2-4,10-12,19H,5-9,17H2,1H3/t10-,11+,12?/m1/s1. The van der Waals surface area contributed by atoms with Gasteiger partial charge in [-0.2, -0.15) is 0 Å². The highest BCUT2D eigenvalue weighted by Crippen LogP contribution is 2.37. The number of benzene rings is 1. The van der Waals surface area contributed by atoms with Crippen molar-refractivity contribution in [2.75, 3.05) is 20.2 Å². The molecule has 1 aliphatic carbocycles. The summed E-state index contributed by atoms with van der Waals surface area (Å²) in [5.74, 6) is 1.21. The Morgan fingerprint density at radius 1 is 1.33 bits per heavy atom. The molecule has 1 saturated carbocycles. The SMILES string of the molecule is COc1cccc(C(=O)N2C[C@H]3CCC(N)C[C@H]3C2)c1O. The van der Waals surface area contributed by atoms with Gasteiger partial charge in [0.1, 0.15) is 0 Å². The van der Waals surface area contributed by atoms with Crippen LogP contribution in [0.4, 0.5) is 0 Å². The molecule has 1 saturated heterocycles. The molecule has 5 nitrogen and oxygen atoms in total. The average Bonchev–Trinajstić information content (AvgIpc) is 2.89. The lowest BCUT2D eigenvalue weighted by Gasteiger charge is -2.27. The minimum absolute atomic E-state index is 0.0726. The molecular formula is C16H22N2O3. The van der Waals surface area contributed by atoms with E-state index in [-0.39, 0.29) is 17.7 Å². The zero-order valence-electron chi connectivity index (χ0n) is 12.3. The van der Waals surface area contributed by atoms with E-state index in [4.69, 9.17) is 10.5 Å². The Morgan fingerprint density at radius 2 is 2.10 bits per heavy atom. The van der Waals surface area contributed by atoms with Crippen LogP contribution in [0.2, 0.25) is 0 Å². The molecule has 1 aromatic carbocycles. The smallest absolute Gasteiger partial charge is 0.257 e. The van der Waals surface area contributed by atoms with E-state index >= 15 is 0 Å². The summed E-state index contributed by atoms with van der Waals surface area (Å²) < 4.78 is 5.07. The molecule has 0 aromatic heterocycles. The summed E-state index contributed by atoms with van der Waals surface area (Å²) in [5, 5.41) is 10.1. The van der Waals surface area contributed by atoms with E-state index < -0.39 is 0 Å². The number of methoxy groups -OCH3 is 1. The summed E-state index contributed by atoms with van der Waals surface area (Å²) in [6, 6.07) is 5.29. The lowest BCUT2D eigenvalue weighted by atomic mass is 9.79. The first-order valence-corrected chi connectivity index (χ1v) is 7.51. The first kappa shape index (κ1) is 14.2. The molecule has 0 radical (unpaired) electrons. The molecule has 5 heteroatoms. The normalized spacial score (nSPS) is 28.3. The molecule has 114 valence electrons. The second-order valence-corrected chi connectivity index (χ2v) is 6.16. The Morgan fingerprint density at radius 3 is 2.86 bits per heavy atom. The number of aromatic hydroxyl groups is 1. The monoisotopic (exact) mass is 290 g/mol. The second-order valence-electron chi connectivity index (χ2n) is 6.16. The number of hydrogen-bond donors (Lipinski definition) is 2. The third-order valence-electron chi connectivity index (χ3n) is 4.83. The zero-order chi connectivity index (χ0) is 15.0. The molecule has 3 N–H and O–H groups in total. The van der Waals surface area contributed by atoms with Gasteiger partial charge in [0.25, 0.3) is 5.91 Å². The van der Waals surface area contributed by atoms with Crippen LogP contribution in [-0.2, 0) is 0 Å². The molecular weight excluding hydrogens is 268 g/mol. The first-order valence-electron chi connectivity index (χ1n) is 7.51. The van der Waals surface area contributed by atoms with Gasteiger partial charge in [0.2, 0.25) is 0 Å². The van der Waals surface area contributed by atoms with Gasteiger partial charge in [0, 0.05) is 19.1 Å². The van der Waals surface area contributed by atoms with Gasteiger partial charge >= 0.3 is 0 Å². The number of rotatable bonds is 2. The second kappa shape index (κ2) is 5.56. The van der Waals surface area contributed by atoms with Crippen molar-refractivity contribution in [1.82, 2.24) is 4.90 Å². The van der Waals surface area contributed by atoms with Crippen LogP contribution < -0.4 is 10.5 Å². The number of nitrogens with zero attached hydrogens (tertiary/aromatic N) is 1. The third-order valence-corrected chi connectivity index (χ3v) is 4.83. The number of carbonyl (C=O) groups is 1. The largest absolute Gasteiger partial charge is 0.504 e. The van der Waals surface area contributed by atoms with Crippen molar-refractivity contribution in [3.8, 4) is 11.5 Å². The van der Waals surface area contributed by atoms with Gasteiger partial charge in [0.05, 0.1) is 12.7 Å². The van der Waals surface area contributed by atoms with Gasteiger partial charge in [-0.05, 0) is 43.2 Å². The maximum atomic E-state index is 12.6. The Hall–Kier alpha value is -1.75. The van der Waals surface area contributed by atoms with Crippen molar-refractivity contribution >= 4 is 5.91 Å². The fraction of sp³-hybridized carbons (Fsp3) is 0.562. The third kappa shape index (κ3) is 2.58. The number of fused-ring (bicyclic) bond motifs is 1. The molecule has 0 bridgehead atoms. The summed E-state index contributed by atoms with van der Waals surface area (Å²) in [6.07, 6.45) is 3.14. The molecule has 3 atom stereocenters. The van der Waals surface area contributed by atoms with Crippen molar-refractivity contribution in [3.63, 3.8) is 0 Å². The van der Waals surface area contributed by atoms with Crippen molar-refractivity contribution < 1.29 is 14.6 Å². The fourth-order valence-corrected chi connectivity index (χ4v) is 3.66. The van der Waals surface area contributed by atoms with E-state index in [1.54, 1.807) is 18.2 Å². The van der Waals surface area contributed by atoms with Crippen molar-refractivity contribution in [3.05, 3.63) is 23.8 Å². The number of likely N-dealkylation sites (tertiary alicyclic amines) is 1. The molecule has 0 spiro atoms.